The van der Waals surface area contributed by atoms with E-state index in [-0.39, 0.29) is 11.6 Å². The SMILES string of the molecule is Cn1ccnc1-c1ccc(N=C(c2ccc(CN3CCCC3)cc2)C2C(=O)Nc3ccc([N+](=O)[O-])cc32)cc1. The zero-order valence-corrected chi connectivity index (χ0v) is 21.6. The molecule has 2 aliphatic heterocycles. The molecule has 3 heterocycles. The summed E-state index contributed by atoms with van der Waals surface area (Å²) in [7, 11) is 1.94. The number of nitrogens with zero attached hydrogens (tertiary/aromatic N) is 5. The number of hydrogen-bond donors (Lipinski definition) is 1. The molecule has 2 aliphatic rings. The van der Waals surface area contributed by atoms with Gasteiger partial charge in [0.05, 0.1) is 16.3 Å². The van der Waals surface area contributed by atoms with E-state index in [9.17, 15) is 14.9 Å². The van der Waals surface area contributed by atoms with Crippen molar-refractivity contribution >= 4 is 28.7 Å². The maximum atomic E-state index is 13.3. The van der Waals surface area contributed by atoms with E-state index >= 15 is 0 Å². The highest BCUT2D eigenvalue weighted by Gasteiger charge is 2.36. The number of fused-ring (bicyclic) bond motifs is 1. The van der Waals surface area contributed by atoms with Crippen LogP contribution in [0.4, 0.5) is 17.1 Å². The summed E-state index contributed by atoms with van der Waals surface area (Å²) >= 11 is 0. The van der Waals surface area contributed by atoms with Gasteiger partial charge in [-0.15, -0.1) is 0 Å². The lowest BCUT2D eigenvalue weighted by atomic mass is 9.90. The Labute approximate surface area is 226 Å². The highest BCUT2D eigenvalue weighted by molar-refractivity contribution is 6.24. The number of imidazole rings is 1. The quantitative estimate of drug-likeness (QED) is 0.198. The van der Waals surface area contributed by atoms with Crippen molar-refractivity contribution in [3.63, 3.8) is 0 Å². The third-order valence-electron chi connectivity index (χ3n) is 7.40. The highest BCUT2D eigenvalue weighted by Crippen LogP contribution is 2.38. The molecule has 39 heavy (non-hydrogen) atoms. The molecular weight excluding hydrogens is 492 g/mol. The maximum Gasteiger partial charge on any atom is 0.269 e. The summed E-state index contributed by atoms with van der Waals surface area (Å²) in [5.74, 6) is -0.190. The van der Waals surface area contributed by atoms with E-state index in [1.165, 1.54) is 30.5 Å². The minimum Gasteiger partial charge on any atom is -0.334 e. The van der Waals surface area contributed by atoms with Gasteiger partial charge in [0.15, 0.2) is 0 Å². The van der Waals surface area contributed by atoms with E-state index in [4.69, 9.17) is 4.99 Å². The van der Waals surface area contributed by atoms with Crippen molar-refractivity contribution in [1.82, 2.24) is 14.5 Å². The Morgan fingerprint density at radius 3 is 2.49 bits per heavy atom. The van der Waals surface area contributed by atoms with Crippen LogP contribution in [0.25, 0.3) is 11.4 Å². The number of nitro benzene ring substituents is 1. The third-order valence-corrected chi connectivity index (χ3v) is 7.40. The Morgan fingerprint density at radius 2 is 1.82 bits per heavy atom. The van der Waals surface area contributed by atoms with Gasteiger partial charge in [0, 0.05) is 54.9 Å². The number of aliphatic imine (C=N–C) groups is 1. The van der Waals surface area contributed by atoms with Crippen LogP contribution >= 0.6 is 0 Å². The molecule has 0 spiro atoms. The van der Waals surface area contributed by atoms with Gasteiger partial charge < -0.3 is 9.88 Å². The Balaban J connectivity index is 1.40. The second-order valence-electron chi connectivity index (χ2n) is 10.0. The second kappa shape index (κ2) is 10.3. The van der Waals surface area contributed by atoms with E-state index in [2.05, 4.69) is 27.3 Å². The number of likely N-dealkylation sites (tertiary alicyclic amines) is 1. The van der Waals surface area contributed by atoms with Crippen LogP contribution in [0.2, 0.25) is 0 Å². The molecule has 196 valence electrons. The summed E-state index contributed by atoms with van der Waals surface area (Å²) in [6.45, 7) is 3.11. The summed E-state index contributed by atoms with van der Waals surface area (Å²) in [4.78, 5) is 36.2. The van der Waals surface area contributed by atoms with Gasteiger partial charge in [-0.1, -0.05) is 24.3 Å². The second-order valence-corrected chi connectivity index (χ2v) is 10.0. The first-order valence-electron chi connectivity index (χ1n) is 13.0. The lowest BCUT2D eigenvalue weighted by molar-refractivity contribution is -0.384. The minimum atomic E-state index is -0.779. The topological polar surface area (TPSA) is 106 Å². The van der Waals surface area contributed by atoms with Crippen LogP contribution in [0, 0.1) is 10.1 Å². The molecule has 1 aromatic heterocycles. The number of nitrogens with one attached hydrogen (secondary N) is 1. The van der Waals surface area contributed by atoms with Crippen LogP contribution < -0.4 is 5.32 Å². The van der Waals surface area contributed by atoms with E-state index < -0.39 is 10.8 Å². The van der Waals surface area contributed by atoms with Crippen molar-refractivity contribution in [2.24, 2.45) is 12.0 Å². The van der Waals surface area contributed by atoms with Gasteiger partial charge in [-0.3, -0.25) is 24.8 Å². The van der Waals surface area contributed by atoms with Crippen LogP contribution in [0.1, 0.15) is 35.4 Å². The number of amides is 1. The van der Waals surface area contributed by atoms with Crippen molar-refractivity contribution in [2.45, 2.75) is 25.3 Å². The molecule has 1 atom stereocenters. The van der Waals surface area contributed by atoms with E-state index in [0.29, 0.717) is 22.6 Å². The largest absolute Gasteiger partial charge is 0.334 e. The van der Waals surface area contributed by atoms with Gasteiger partial charge in [-0.2, -0.15) is 0 Å². The van der Waals surface area contributed by atoms with Crippen molar-refractivity contribution in [2.75, 3.05) is 18.4 Å². The molecule has 1 N–H and O–H groups in total. The lowest BCUT2D eigenvalue weighted by Gasteiger charge is -2.17. The molecule has 6 rings (SSSR count). The third kappa shape index (κ3) is 4.96. The summed E-state index contributed by atoms with van der Waals surface area (Å²) in [6, 6.07) is 20.3. The normalized spacial score (nSPS) is 17.3. The highest BCUT2D eigenvalue weighted by atomic mass is 16.6. The predicted molar refractivity (Wildman–Crippen MR) is 150 cm³/mol. The van der Waals surface area contributed by atoms with E-state index in [0.717, 1.165) is 36.6 Å². The van der Waals surface area contributed by atoms with Gasteiger partial charge in [0.25, 0.3) is 5.69 Å². The minimum absolute atomic E-state index is 0.0602. The van der Waals surface area contributed by atoms with Crippen LogP contribution in [-0.2, 0) is 18.4 Å². The number of hydrogen-bond acceptors (Lipinski definition) is 6. The molecule has 1 amide bonds. The number of benzene rings is 3. The van der Waals surface area contributed by atoms with E-state index in [1.807, 2.05) is 54.2 Å². The van der Waals surface area contributed by atoms with Crippen molar-refractivity contribution in [3.05, 3.63) is 106 Å². The average molecular weight is 521 g/mol. The molecule has 1 unspecified atom stereocenters. The van der Waals surface area contributed by atoms with Gasteiger partial charge in [-0.25, -0.2) is 4.98 Å². The van der Waals surface area contributed by atoms with Gasteiger partial charge in [0.2, 0.25) is 5.91 Å². The van der Waals surface area contributed by atoms with Crippen LogP contribution in [0.5, 0.6) is 0 Å². The fraction of sp³-hybridized carbons (Fsp3) is 0.233. The Bertz CT molecular complexity index is 1570. The molecule has 0 saturated carbocycles. The molecule has 1 saturated heterocycles. The Kier molecular flexibility index (Phi) is 6.50. The summed E-state index contributed by atoms with van der Waals surface area (Å²) in [5.41, 5.74) is 5.24. The monoisotopic (exact) mass is 520 g/mol. The zero-order valence-electron chi connectivity index (χ0n) is 21.6. The maximum absolute atomic E-state index is 13.3. The molecule has 0 radical (unpaired) electrons. The smallest absolute Gasteiger partial charge is 0.269 e. The molecular formula is C30H28N6O3. The predicted octanol–water partition coefficient (Wildman–Crippen LogP) is 5.45. The van der Waals surface area contributed by atoms with Crippen molar-refractivity contribution < 1.29 is 9.72 Å². The molecule has 1 fully saturated rings. The number of nitro groups is 1. The van der Waals surface area contributed by atoms with Crippen LogP contribution in [0.3, 0.4) is 0 Å². The number of aryl methyl sites for hydroxylation is 1. The molecule has 9 heteroatoms. The number of carbonyl (C=O) groups is 1. The van der Waals surface area contributed by atoms with E-state index in [1.54, 1.807) is 12.3 Å². The molecule has 0 bridgehead atoms. The van der Waals surface area contributed by atoms with Crippen molar-refractivity contribution in [1.29, 1.82) is 0 Å². The van der Waals surface area contributed by atoms with Gasteiger partial charge >= 0.3 is 0 Å². The Hall–Kier alpha value is -4.63. The van der Waals surface area contributed by atoms with Crippen LogP contribution in [0.15, 0.2) is 84.1 Å². The average Bonchev–Trinajstić information content (AvgIpc) is 3.68. The number of non-ortho nitro benzene ring substituents is 1. The van der Waals surface area contributed by atoms with Crippen molar-refractivity contribution in [3.8, 4) is 11.4 Å². The fourth-order valence-corrected chi connectivity index (χ4v) is 5.38. The van der Waals surface area contributed by atoms with Gasteiger partial charge in [-0.05, 0) is 67.4 Å². The number of carbonyl (C=O) groups excluding carboxylic acids is 1. The molecule has 4 aromatic rings. The molecule has 3 aromatic carbocycles. The summed E-state index contributed by atoms with van der Waals surface area (Å²) < 4.78 is 1.94. The summed E-state index contributed by atoms with van der Waals surface area (Å²) in [5, 5.41) is 14.4. The Morgan fingerprint density at radius 1 is 1.08 bits per heavy atom. The van der Waals surface area contributed by atoms with Gasteiger partial charge in [0.1, 0.15) is 11.7 Å². The number of anilines is 1. The molecule has 0 aliphatic carbocycles. The number of aromatic nitrogens is 2. The molecule has 9 nitrogen and oxygen atoms in total. The fourth-order valence-electron chi connectivity index (χ4n) is 5.38. The van der Waals surface area contributed by atoms with Crippen LogP contribution in [-0.4, -0.2) is 44.1 Å². The first-order valence-corrected chi connectivity index (χ1v) is 13.0. The standard InChI is InChI=1S/C30H28N6O3/c1-34-17-14-31-29(34)22-8-10-23(11-9-22)32-28(21-6-4-20(5-7-21)19-35-15-2-3-16-35)27-25-18-24(36(38)39)12-13-26(25)33-30(27)37/h4-14,17-18,27H,2-3,15-16,19H2,1H3,(H,33,37). The summed E-state index contributed by atoms with van der Waals surface area (Å²) in [6.07, 6.45) is 6.11. The first kappa shape index (κ1) is 24.7. The lowest BCUT2D eigenvalue weighted by Crippen LogP contribution is -2.22. The first-order chi connectivity index (χ1) is 19.0. The zero-order chi connectivity index (χ0) is 26.9. The number of rotatable bonds is 7.